The van der Waals surface area contributed by atoms with E-state index in [1.54, 1.807) is 54.5 Å². The van der Waals surface area contributed by atoms with Crippen LogP contribution >= 0.6 is 0 Å². The van der Waals surface area contributed by atoms with Gasteiger partial charge in [-0.1, -0.05) is 6.07 Å². The Balaban J connectivity index is 1.71. The topological polar surface area (TPSA) is 77.1 Å². The summed E-state index contributed by atoms with van der Waals surface area (Å²) in [4.78, 5) is 26.8. The van der Waals surface area contributed by atoms with Crippen molar-refractivity contribution in [2.75, 3.05) is 37.1 Å². The van der Waals surface area contributed by atoms with Crippen molar-refractivity contribution in [1.29, 1.82) is 0 Å². The van der Waals surface area contributed by atoms with Gasteiger partial charge in [0.2, 0.25) is 5.91 Å². The Hall–Kier alpha value is -3.22. The van der Waals surface area contributed by atoms with Crippen molar-refractivity contribution in [3.63, 3.8) is 0 Å². The molecule has 154 valence electrons. The third-order valence-corrected chi connectivity index (χ3v) is 4.67. The van der Waals surface area contributed by atoms with Crippen molar-refractivity contribution in [3.05, 3.63) is 42.5 Å². The minimum Gasteiger partial charge on any atom is -0.497 e. The Kier molecular flexibility index (Phi) is 5.96. The fraction of sp³-hybridized carbons (Fsp3) is 0.364. The van der Waals surface area contributed by atoms with Crippen LogP contribution in [-0.4, -0.2) is 38.7 Å². The van der Waals surface area contributed by atoms with E-state index in [0.29, 0.717) is 41.8 Å². The quantitative estimate of drug-likeness (QED) is 0.806. The van der Waals surface area contributed by atoms with Gasteiger partial charge in [0.1, 0.15) is 23.9 Å². The molecule has 0 unspecified atom stereocenters. The molecule has 0 fully saturated rings. The van der Waals surface area contributed by atoms with Crippen molar-refractivity contribution >= 4 is 23.2 Å². The number of methoxy groups -OCH3 is 1. The van der Waals surface area contributed by atoms with E-state index in [-0.39, 0.29) is 18.4 Å². The number of anilines is 2. The molecule has 0 bridgehead atoms. The maximum Gasteiger partial charge on any atom is 0.262 e. The van der Waals surface area contributed by atoms with Gasteiger partial charge in [-0.05, 0) is 51.1 Å². The number of hydrogen-bond acceptors (Lipinski definition) is 5. The average molecular weight is 398 g/mol. The molecule has 7 heteroatoms. The normalized spacial score (nSPS) is 15.0. The second kappa shape index (κ2) is 8.43. The number of nitrogens with one attached hydrogen (secondary N) is 1. The van der Waals surface area contributed by atoms with Crippen molar-refractivity contribution in [2.45, 2.75) is 20.8 Å². The molecule has 2 amide bonds. The third kappa shape index (κ3) is 4.62. The van der Waals surface area contributed by atoms with E-state index in [1.807, 2.05) is 20.8 Å². The SMILES string of the molecule is CCN1C(=O)C(C)(C)COc2ccc(NC(=O)COc3cccc(OC)c3)cc21. The van der Waals surface area contributed by atoms with Gasteiger partial charge < -0.3 is 24.4 Å². The highest BCUT2D eigenvalue weighted by Crippen LogP contribution is 2.38. The van der Waals surface area contributed by atoms with E-state index in [1.165, 1.54) is 0 Å². The maximum absolute atomic E-state index is 12.8. The molecule has 29 heavy (non-hydrogen) atoms. The van der Waals surface area contributed by atoms with Crippen LogP contribution < -0.4 is 24.4 Å². The lowest BCUT2D eigenvalue weighted by molar-refractivity contribution is -0.127. The summed E-state index contributed by atoms with van der Waals surface area (Å²) in [5.74, 6) is 1.50. The van der Waals surface area contributed by atoms with Crippen LogP contribution in [0.3, 0.4) is 0 Å². The fourth-order valence-electron chi connectivity index (χ4n) is 3.07. The van der Waals surface area contributed by atoms with Crippen LogP contribution in [0.5, 0.6) is 17.2 Å². The number of fused-ring (bicyclic) bond motifs is 1. The first-order valence-electron chi connectivity index (χ1n) is 9.49. The maximum atomic E-state index is 12.8. The minimum absolute atomic E-state index is 0.0106. The molecule has 2 aromatic carbocycles. The molecule has 1 heterocycles. The minimum atomic E-state index is -0.622. The molecule has 0 saturated carbocycles. The van der Waals surface area contributed by atoms with Crippen LogP contribution in [0.4, 0.5) is 11.4 Å². The molecule has 0 aliphatic carbocycles. The van der Waals surface area contributed by atoms with Gasteiger partial charge >= 0.3 is 0 Å². The predicted molar refractivity (Wildman–Crippen MR) is 111 cm³/mol. The Bertz CT molecular complexity index is 910. The van der Waals surface area contributed by atoms with E-state index in [4.69, 9.17) is 14.2 Å². The van der Waals surface area contributed by atoms with Crippen LogP contribution in [0, 0.1) is 5.41 Å². The molecule has 0 atom stereocenters. The van der Waals surface area contributed by atoms with Gasteiger partial charge in [0.05, 0.1) is 18.2 Å². The summed E-state index contributed by atoms with van der Waals surface area (Å²) in [6, 6.07) is 12.3. The zero-order valence-corrected chi connectivity index (χ0v) is 17.2. The largest absolute Gasteiger partial charge is 0.497 e. The molecule has 7 nitrogen and oxygen atoms in total. The summed E-state index contributed by atoms with van der Waals surface area (Å²) < 4.78 is 16.5. The highest BCUT2D eigenvalue weighted by molar-refractivity contribution is 6.00. The number of rotatable bonds is 6. The zero-order valence-electron chi connectivity index (χ0n) is 17.2. The molecular formula is C22H26N2O5. The molecule has 1 aliphatic rings. The molecule has 0 radical (unpaired) electrons. The first kappa shape index (κ1) is 20.5. The Labute approximate surface area is 170 Å². The number of amides is 2. The summed E-state index contributed by atoms with van der Waals surface area (Å²) in [5.41, 5.74) is 0.593. The van der Waals surface area contributed by atoms with E-state index in [2.05, 4.69) is 5.32 Å². The van der Waals surface area contributed by atoms with Crippen LogP contribution in [0.25, 0.3) is 0 Å². The first-order chi connectivity index (χ1) is 13.8. The Morgan fingerprint density at radius 2 is 1.97 bits per heavy atom. The van der Waals surface area contributed by atoms with Crippen LogP contribution in [0.1, 0.15) is 20.8 Å². The van der Waals surface area contributed by atoms with E-state index < -0.39 is 5.41 Å². The molecule has 0 saturated heterocycles. The van der Waals surface area contributed by atoms with E-state index in [9.17, 15) is 9.59 Å². The van der Waals surface area contributed by atoms with Gasteiger partial charge in [-0.25, -0.2) is 0 Å². The standard InChI is InChI=1S/C22H26N2O5/c1-5-24-18-11-15(9-10-19(18)29-14-22(2,3)21(24)26)23-20(25)13-28-17-8-6-7-16(12-17)27-4/h6-12H,5,13-14H2,1-4H3,(H,23,25). The summed E-state index contributed by atoms with van der Waals surface area (Å²) in [6.07, 6.45) is 0. The summed E-state index contributed by atoms with van der Waals surface area (Å²) in [6.45, 7) is 6.30. The van der Waals surface area contributed by atoms with Crippen molar-refractivity contribution in [3.8, 4) is 17.2 Å². The third-order valence-electron chi connectivity index (χ3n) is 4.67. The zero-order chi connectivity index (χ0) is 21.0. The smallest absolute Gasteiger partial charge is 0.262 e. The van der Waals surface area contributed by atoms with Crippen LogP contribution in [0.15, 0.2) is 42.5 Å². The van der Waals surface area contributed by atoms with E-state index in [0.717, 1.165) is 0 Å². The Morgan fingerprint density at radius 3 is 2.69 bits per heavy atom. The van der Waals surface area contributed by atoms with Gasteiger partial charge in [-0.15, -0.1) is 0 Å². The highest BCUT2D eigenvalue weighted by Gasteiger charge is 2.37. The molecule has 3 rings (SSSR count). The number of carbonyl (C=O) groups excluding carboxylic acids is 2. The number of nitrogens with zero attached hydrogens (tertiary/aromatic N) is 1. The summed E-state index contributed by atoms with van der Waals surface area (Å²) in [5, 5.41) is 2.80. The number of benzene rings is 2. The summed E-state index contributed by atoms with van der Waals surface area (Å²) in [7, 11) is 1.57. The van der Waals surface area contributed by atoms with Crippen LogP contribution in [0.2, 0.25) is 0 Å². The average Bonchev–Trinajstić information content (AvgIpc) is 2.81. The number of carbonyl (C=O) groups is 2. The summed E-state index contributed by atoms with van der Waals surface area (Å²) >= 11 is 0. The first-order valence-corrected chi connectivity index (χ1v) is 9.49. The molecular weight excluding hydrogens is 372 g/mol. The van der Waals surface area contributed by atoms with Gasteiger partial charge in [0, 0.05) is 18.3 Å². The molecule has 1 aliphatic heterocycles. The molecule has 1 N–H and O–H groups in total. The monoisotopic (exact) mass is 398 g/mol. The predicted octanol–water partition coefficient (Wildman–Crippen LogP) is 3.48. The van der Waals surface area contributed by atoms with Gasteiger partial charge in [0.25, 0.3) is 5.91 Å². The lowest BCUT2D eigenvalue weighted by Crippen LogP contribution is -2.42. The Morgan fingerprint density at radius 1 is 1.21 bits per heavy atom. The number of hydrogen-bond donors (Lipinski definition) is 1. The fourth-order valence-corrected chi connectivity index (χ4v) is 3.07. The lowest BCUT2D eigenvalue weighted by atomic mass is 9.93. The second-order valence-corrected chi connectivity index (χ2v) is 7.42. The van der Waals surface area contributed by atoms with Gasteiger partial charge in [-0.3, -0.25) is 9.59 Å². The molecule has 0 aromatic heterocycles. The molecule has 0 spiro atoms. The highest BCUT2D eigenvalue weighted by atomic mass is 16.5. The molecule has 2 aromatic rings. The second-order valence-electron chi connectivity index (χ2n) is 7.42. The lowest BCUT2D eigenvalue weighted by Gasteiger charge is -2.27. The van der Waals surface area contributed by atoms with E-state index >= 15 is 0 Å². The van der Waals surface area contributed by atoms with Gasteiger partial charge in [-0.2, -0.15) is 0 Å². The number of ether oxygens (including phenoxy) is 3. The van der Waals surface area contributed by atoms with Crippen molar-refractivity contribution in [2.24, 2.45) is 5.41 Å². The van der Waals surface area contributed by atoms with Crippen molar-refractivity contribution in [1.82, 2.24) is 0 Å². The van der Waals surface area contributed by atoms with Crippen LogP contribution in [-0.2, 0) is 9.59 Å². The van der Waals surface area contributed by atoms with Crippen molar-refractivity contribution < 1.29 is 23.8 Å². The van der Waals surface area contributed by atoms with Gasteiger partial charge in [0.15, 0.2) is 6.61 Å².